The van der Waals surface area contributed by atoms with Crippen molar-refractivity contribution in [1.29, 1.82) is 5.26 Å². The van der Waals surface area contributed by atoms with Crippen LogP contribution in [0.2, 0.25) is 0 Å². The highest BCUT2D eigenvalue weighted by atomic mass is 16.3. The maximum Gasteiger partial charge on any atom is 0.172 e. The van der Waals surface area contributed by atoms with Crippen LogP contribution in [0.1, 0.15) is 30.4 Å². The fraction of sp³-hybridized carbons (Fsp3) is 0.412. The largest absolute Gasteiger partial charge is 0.368 e. The summed E-state index contributed by atoms with van der Waals surface area (Å²) in [6.07, 6.45) is 2.21. The molecule has 22 heavy (non-hydrogen) atoms. The Morgan fingerprint density at radius 1 is 1.27 bits per heavy atom. The van der Waals surface area contributed by atoms with E-state index < -0.39 is 6.23 Å². The van der Waals surface area contributed by atoms with Gasteiger partial charge in [-0.2, -0.15) is 5.26 Å². The van der Waals surface area contributed by atoms with Crippen molar-refractivity contribution in [2.45, 2.75) is 30.9 Å². The first-order chi connectivity index (χ1) is 10.7. The van der Waals surface area contributed by atoms with Crippen molar-refractivity contribution >= 4 is 5.84 Å². The number of aliphatic imine (C=N–C) groups is 1. The molecule has 4 rings (SSSR count). The van der Waals surface area contributed by atoms with Crippen molar-refractivity contribution in [2.24, 2.45) is 4.99 Å². The highest BCUT2D eigenvalue weighted by Crippen LogP contribution is 2.50. The van der Waals surface area contributed by atoms with Crippen molar-refractivity contribution in [3.05, 3.63) is 46.7 Å². The first kappa shape index (κ1) is 13.5. The molecule has 1 unspecified atom stereocenters. The molecule has 1 aromatic carbocycles. The summed E-state index contributed by atoms with van der Waals surface area (Å²) in [5.41, 5.74) is 3.81. The van der Waals surface area contributed by atoms with Crippen LogP contribution >= 0.6 is 0 Å². The van der Waals surface area contributed by atoms with Gasteiger partial charge in [-0.3, -0.25) is 0 Å². The van der Waals surface area contributed by atoms with Crippen LogP contribution in [0.4, 0.5) is 0 Å². The van der Waals surface area contributed by atoms with Crippen LogP contribution in [0.25, 0.3) is 0 Å². The monoisotopic (exact) mass is 294 g/mol. The number of nitrogens with zero attached hydrogens (tertiary/aromatic N) is 2. The predicted molar refractivity (Wildman–Crippen MR) is 83.2 cm³/mol. The molecule has 1 fully saturated rings. The minimum Gasteiger partial charge on any atom is -0.368 e. The SMILES string of the molecule is N#Cc1ccc(C2(C3=NC(O)C4=C(CCNC4)N3)CC2)cc1. The Kier molecular flexibility index (Phi) is 3.03. The van der Waals surface area contributed by atoms with E-state index in [2.05, 4.69) is 21.7 Å². The molecule has 5 nitrogen and oxygen atoms in total. The summed E-state index contributed by atoms with van der Waals surface area (Å²) in [5.74, 6) is 0.880. The fourth-order valence-electron chi connectivity index (χ4n) is 3.36. The number of nitrogens with one attached hydrogen (secondary N) is 2. The Bertz CT molecular complexity index is 707. The smallest absolute Gasteiger partial charge is 0.172 e. The Labute approximate surface area is 129 Å². The topological polar surface area (TPSA) is 80.4 Å². The zero-order valence-corrected chi connectivity index (χ0v) is 12.3. The molecule has 1 aliphatic carbocycles. The third kappa shape index (κ3) is 2.04. The van der Waals surface area contributed by atoms with Crippen molar-refractivity contribution in [2.75, 3.05) is 13.1 Å². The van der Waals surface area contributed by atoms with E-state index in [1.54, 1.807) is 0 Å². The van der Waals surface area contributed by atoms with E-state index in [-0.39, 0.29) is 5.41 Å². The molecule has 5 heteroatoms. The minimum absolute atomic E-state index is 0.113. The van der Waals surface area contributed by atoms with E-state index in [9.17, 15) is 5.11 Å². The molecule has 2 aliphatic heterocycles. The molecule has 1 atom stereocenters. The molecule has 0 amide bonds. The summed E-state index contributed by atoms with van der Waals surface area (Å²) in [6, 6.07) is 9.87. The van der Waals surface area contributed by atoms with E-state index in [0.29, 0.717) is 12.1 Å². The van der Waals surface area contributed by atoms with Gasteiger partial charge in [0.05, 0.1) is 17.0 Å². The lowest BCUT2D eigenvalue weighted by atomic mass is 9.91. The van der Waals surface area contributed by atoms with Crippen molar-refractivity contribution in [3.8, 4) is 6.07 Å². The van der Waals surface area contributed by atoms with E-state index >= 15 is 0 Å². The first-order valence-corrected chi connectivity index (χ1v) is 7.69. The number of benzene rings is 1. The Balaban J connectivity index is 1.65. The third-order valence-corrected chi connectivity index (χ3v) is 4.86. The second kappa shape index (κ2) is 4.94. The van der Waals surface area contributed by atoms with Gasteiger partial charge in [0.25, 0.3) is 0 Å². The summed E-state index contributed by atoms with van der Waals surface area (Å²) in [5, 5.41) is 26.0. The van der Waals surface area contributed by atoms with Gasteiger partial charge < -0.3 is 15.7 Å². The normalized spacial score (nSPS) is 25.6. The van der Waals surface area contributed by atoms with Crippen molar-refractivity contribution < 1.29 is 5.11 Å². The number of aliphatic hydroxyl groups is 1. The van der Waals surface area contributed by atoms with Crippen LogP contribution in [0, 0.1) is 11.3 Å². The van der Waals surface area contributed by atoms with Crippen LogP contribution in [0.15, 0.2) is 40.5 Å². The zero-order chi connectivity index (χ0) is 15.2. The average Bonchev–Trinajstić information content (AvgIpc) is 3.37. The van der Waals surface area contributed by atoms with Gasteiger partial charge >= 0.3 is 0 Å². The highest BCUT2D eigenvalue weighted by molar-refractivity contribution is 5.98. The fourth-order valence-corrected chi connectivity index (χ4v) is 3.36. The molecule has 1 saturated carbocycles. The summed E-state index contributed by atoms with van der Waals surface area (Å²) in [4.78, 5) is 4.52. The van der Waals surface area contributed by atoms with Crippen LogP contribution < -0.4 is 10.6 Å². The summed E-state index contributed by atoms with van der Waals surface area (Å²) in [6.45, 7) is 1.62. The number of hydrogen-bond donors (Lipinski definition) is 3. The van der Waals surface area contributed by atoms with Gasteiger partial charge in [-0.15, -0.1) is 0 Å². The molecule has 0 aromatic heterocycles. The van der Waals surface area contributed by atoms with Crippen LogP contribution in [0.3, 0.4) is 0 Å². The van der Waals surface area contributed by atoms with E-state index in [0.717, 1.165) is 42.9 Å². The van der Waals surface area contributed by atoms with Gasteiger partial charge in [-0.05, 0) is 30.5 Å². The number of nitriles is 1. The lowest BCUT2D eigenvalue weighted by Crippen LogP contribution is -2.45. The molecule has 0 radical (unpaired) electrons. The molecule has 3 N–H and O–H groups in total. The molecule has 0 bridgehead atoms. The Hall–Kier alpha value is -2.16. The number of amidine groups is 1. The van der Waals surface area contributed by atoms with Gasteiger partial charge in [0.1, 0.15) is 5.84 Å². The van der Waals surface area contributed by atoms with Crippen LogP contribution in [0.5, 0.6) is 0 Å². The second-order valence-electron chi connectivity index (χ2n) is 6.18. The molecule has 3 aliphatic rings. The van der Waals surface area contributed by atoms with Crippen LogP contribution in [-0.4, -0.2) is 30.3 Å². The molecular weight excluding hydrogens is 276 g/mol. The van der Waals surface area contributed by atoms with E-state index in [1.807, 2.05) is 24.3 Å². The van der Waals surface area contributed by atoms with Crippen molar-refractivity contribution in [3.63, 3.8) is 0 Å². The molecule has 112 valence electrons. The second-order valence-corrected chi connectivity index (χ2v) is 6.18. The molecular formula is C17H18N4O. The number of rotatable bonds is 2. The molecule has 2 heterocycles. The lowest BCUT2D eigenvalue weighted by molar-refractivity contribution is 0.209. The van der Waals surface area contributed by atoms with Gasteiger partial charge in [-0.25, -0.2) is 4.99 Å². The van der Waals surface area contributed by atoms with Gasteiger partial charge in [0.15, 0.2) is 6.23 Å². The van der Waals surface area contributed by atoms with Gasteiger partial charge in [0, 0.05) is 30.8 Å². The van der Waals surface area contributed by atoms with E-state index in [1.165, 1.54) is 5.56 Å². The lowest BCUT2D eigenvalue weighted by Gasteiger charge is -2.32. The van der Waals surface area contributed by atoms with Gasteiger partial charge in [0.2, 0.25) is 0 Å². The molecule has 1 aromatic rings. The first-order valence-electron chi connectivity index (χ1n) is 7.69. The Morgan fingerprint density at radius 3 is 2.73 bits per heavy atom. The molecule has 0 spiro atoms. The standard InChI is InChI=1S/C17H18N4O/c18-9-11-1-3-12(4-2-11)17(6-7-17)16-20-14-5-8-19-10-13(14)15(22)21-16/h1-4,15,19,22H,5-8,10H2,(H,20,21). The summed E-state index contributed by atoms with van der Waals surface area (Å²) < 4.78 is 0. The predicted octanol–water partition coefficient (Wildman–Crippen LogP) is 1.16. The molecule has 0 saturated heterocycles. The maximum atomic E-state index is 10.3. The quantitative estimate of drug-likeness (QED) is 0.764. The van der Waals surface area contributed by atoms with Gasteiger partial charge in [-0.1, -0.05) is 12.1 Å². The van der Waals surface area contributed by atoms with Crippen molar-refractivity contribution in [1.82, 2.24) is 10.6 Å². The number of hydrogen-bond acceptors (Lipinski definition) is 5. The Morgan fingerprint density at radius 2 is 2.05 bits per heavy atom. The van der Waals surface area contributed by atoms with Crippen LogP contribution in [-0.2, 0) is 5.41 Å². The summed E-state index contributed by atoms with van der Waals surface area (Å²) in [7, 11) is 0. The zero-order valence-electron chi connectivity index (χ0n) is 12.3. The number of aliphatic hydroxyl groups excluding tert-OH is 1. The highest BCUT2D eigenvalue weighted by Gasteiger charge is 2.50. The third-order valence-electron chi connectivity index (χ3n) is 4.86. The maximum absolute atomic E-state index is 10.3. The summed E-state index contributed by atoms with van der Waals surface area (Å²) >= 11 is 0. The average molecular weight is 294 g/mol. The minimum atomic E-state index is -0.741. The van der Waals surface area contributed by atoms with E-state index in [4.69, 9.17) is 5.26 Å².